The smallest absolute Gasteiger partial charge is 0.508 e. The van der Waals surface area contributed by atoms with Crippen LogP contribution in [0.15, 0.2) is 207 Å². The second-order valence-electron chi connectivity index (χ2n) is 26.6. The molecule has 0 fully saturated rings. The molecule has 8 aromatic carbocycles. The molecule has 8 nitrogen and oxygen atoms in total. The van der Waals surface area contributed by atoms with Crippen LogP contribution in [0, 0.1) is 12.1 Å². The number of aromatic nitrogens is 5. The maximum absolute atomic E-state index is 7.25. The first-order chi connectivity index (χ1) is 40.5. The molecule has 1 aliphatic heterocycles. The molecule has 0 radical (unpaired) electrons. The molecule has 86 heavy (non-hydrogen) atoms. The predicted molar refractivity (Wildman–Crippen MR) is 346 cm³/mol. The molecule has 0 bridgehead atoms. The molecular formula is C77H73N7OPt+2. The number of rotatable bonds is 12. The number of fused-ring (bicyclic) bond motifs is 3. The van der Waals surface area contributed by atoms with Crippen LogP contribution < -0.4 is 4.74 Å². The van der Waals surface area contributed by atoms with Gasteiger partial charge in [-0.05, 0) is 124 Å². The number of ether oxygens (including phenoxy) is 1. The molecular weight excluding hydrogens is 1230 g/mol. The van der Waals surface area contributed by atoms with E-state index in [2.05, 4.69) is 263 Å². The molecule has 12 rings (SSSR count). The van der Waals surface area contributed by atoms with Crippen LogP contribution in [0.3, 0.4) is 0 Å². The van der Waals surface area contributed by atoms with Gasteiger partial charge in [0.2, 0.25) is 5.69 Å². The summed E-state index contributed by atoms with van der Waals surface area (Å²) in [5, 5.41) is 2.01. The molecule has 3 aromatic heterocycles. The van der Waals surface area contributed by atoms with Gasteiger partial charge in [-0.3, -0.25) is 0 Å². The van der Waals surface area contributed by atoms with E-state index in [0.29, 0.717) is 34.5 Å². The van der Waals surface area contributed by atoms with E-state index in [0.717, 1.165) is 72.4 Å². The summed E-state index contributed by atoms with van der Waals surface area (Å²) < 4.78 is 13.5. The zero-order valence-corrected chi connectivity index (χ0v) is 53.8. The largest absolute Gasteiger partial charge is 2.00 e. The van der Waals surface area contributed by atoms with Crippen molar-refractivity contribution in [2.75, 3.05) is 0 Å². The Labute approximate surface area is 521 Å². The number of para-hydroxylation sites is 1. The Kier molecular flexibility index (Phi) is 15.5. The first kappa shape index (κ1) is 59.1. The maximum Gasteiger partial charge on any atom is 2.00 e. The van der Waals surface area contributed by atoms with Gasteiger partial charge in [0.25, 0.3) is 12.4 Å². The van der Waals surface area contributed by atoms with Crippen LogP contribution in [0.1, 0.15) is 129 Å². The minimum Gasteiger partial charge on any atom is -0.508 e. The fourth-order valence-corrected chi connectivity index (χ4v) is 11.3. The van der Waals surface area contributed by atoms with E-state index in [9.17, 15) is 0 Å². The van der Waals surface area contributed by atoms with Gasteiger partial charge in [0.15, 0.2) is 0 Å². The van der Waals surface area contributed by atoms with Crippen molar-refractivity contribution in [3.63, 3.8) is 0 Å². The van der Waals surface area contributed by atoms with Gasteiger partial charge in [-0.1, -0.05) is 223 Å². The molecule has 0 N–H and O–H groups in total. The molecule has 0 unspecified atom stereocenters. The van der Waals surface area contributed by atoms with Crippen LogP contribution in [-0.4, -0.2) is 39.7 Å². The van der Waals surface area contributed by atoms with Crippen LogP contribution in [-0.2, 0) is 48.1 Å². The fraction of sp³-hybridized carbons (Fsp3) is 0.234. The van der Waals surface area contributed by atoms with Gasteiger partial charge in [-0.15, -0.1) is 23.6 Å². The molecule has 4 heterocycles. The summed E-state index contributed by atoms with van der Waals surface area (Å²) in [7, 11) is 0. The average molecular weight is 1310 g/mol. The summed E-state index contributed by atoms with van der Waals surface area (Å²) in [6.45, 7) is 29.0. The van der Waals surface area contributed by atoms with E-state index in [4.69, 9.17) is 24.7 Å². The second kappa shape index (κ2) is 22.6. The van der Waals surface area contributed by atoms with E-state index in [1.54, 1.807) is 0 Å². The molecule has 11 aromatic rings. The number of nitrogens with zero attached hydrogens (tertiary/aromatic N) is 7. The number of hydrogen-bond acceptors (Lipinski definition) is 5. The van der Waals surface area contributed by atoms with Crippen molar-refractivity contribution in [3.8, 4) is 51.0 Å². The maximum atomic E-state index is 7.25. The summed E-state index contributed by atoms with van der Waals surface area (Å²) >= 11 is 0. The third-order valence-electron chi connectivity index (χ3n) is 16.7. The Balaban J connectivity index is 0.00000768. The first-order valence-corrected chi connectivity index (χ1v) is 29.5. The average Bonchev–Trinajstić information content (AvgIpc) is 1.57. The molecule has 0 aliphatic carbocycles. The normalized spacial score (nSPS) is 13.0. The summed E-state index contributed by atoms with van der Waals surface area (Å²) in [4.78, 5) is 21.3. The van der Waals surface area contributed by atoms with Crippen LogP contribution in [0.2, 0.25) is 0 Å². The van der Waals surface area contributed by atoms with Crippen LogP contribution in [0.25, 0.3) is 61.3 Å². The Morgan fingerprint density at radius 3 is 1.51 bits per heavy atom. The van der Waals surface area contributed by atoms with Gasteiger partial charge in [0.1, 0.15) is 29.0 Å². The number of hydrogen-bond donors (Lipinski definition) is 0. The van der Waals surface area contributed by atoms with Crippen molar-refractivity contribution >= 4 is 39.2 Å². The summed E-state index contributed by atoms with van der Waals surface area (Å²) in [5.41, 5.74) is 13.3. The monoisotopic (exact) mass is 1310 g/mol. The van der Waals surface area contributed by atoms with E-state index >= 15 is 0 Å². The fourth-order valence-electron chi connectivity index (χ4n) is 11.3. The Morgan fingerprint density at radius 2 is 0.977 bits per heavy atom. The molecule has 1 aliphatic rings. The zero-order valence-electron chi connectivity index (χ0n) is 51.5. The molecule has 0 atom stereocenters. The van der Waals surface area contributed by atoms with Crippen LogP contribution >= 0.6 is 0 Å². The van der Waals surface area contributed by atoms with E-state index < -0.39 is 10.8 Å². The second-order valence-corrected chi connectivity index (χ2v) is 26.6. The molecule has 9 heteroatoms. The van der Waals surface area contributed by atoms with Gasteiger partial charge in [-0.2, -0.15) is 6.07 Å². The van der Waals surface area contributed by atoms with Crippen molar-refractivity contribution in [2.45, 2.75) is 117 Å². The van der Waals surface area contributed by atoms with Crippen LogP contribution in [0.4, 0.5) is 11.4 Å². The summed E-state index contributed by atoms with van der Waals surface area (Å²) in [6, 6.07) is 77.5. The topological polar surface area (TPSA) is 71.7 Å². The zero-order chi connectivity index (χ0) is 59.6. The number of benzene rings is 8. The molecule has 0 spiro atoms. The van der Waals surface area contributed by atoms with Gasteiger partial charge in [0, 0.05) is 34.0 Å². The molecule has 0 saturated carbocycles. The minimum atomic E-state index is -0.618. The van der Waals surface area contributed by atoms with E-state index in [1.807, 2.05) is 65.5 Å². The van der Waals surface area contributed by atoms with Crippen molar-refractivity contribution in [1.29, 1.82) is 0 Å². The van der Waals surface area contributed by atoms with Crippen molar-refractivity contribution in [2.24, 2.45) is 0 Å². The Hall–Kier alpha value is -8.67. The Morgan fingerprint density at radius 1 is 0.453 bits per heavy atom. The quantitative estimate of drug-likeness (QED) is 0.0900. The van der Waals surface area contributed by atoms with Gasteiger partial charge < -0.3 is 9.30 Å². The molecule has 0 saturated heterocycles. The van der Waals surface area contributed by atoms with E-state index in [1.165, 1.54) is 16.7 Å². The number of pyridine rings is 1. The Bertz CT molecular complexity index is 4290. The first-order valence-electron chi connectivity index (χ1n) is 29.5. The van der Waals surface area contributed by atoms with Gasteiger partial charge in [0.05, 0.1) is 11.1 Å². The van der Waals surface area contributed by atoms with Crippen molar-refractivity contribution in [3.05, 3.63) is 258 Å². The third kappa shape index (κ3) is 11.4. The summed E-state index contributed by atoms with van der Waals surface area (Å²) in [6.07, 6.45) is 5.93. The predicted octanol–water partition coefficient (Wildman–Crippen LogP) is 18.9. The molecule has 430 valence electrons. The molecule has 0 amide bonds. The third-order valence-corrected chi connectivity index (χ3v) is 16.7. The van der Waals surface area contributed by atoms with Gasteiger partial charge >= 0.3 is 27.1 Å². The van der Waals surface area contributed by atoms with Gasteiger partial charge in [-0.25, -0.2) is 19.9 Å². The van der Waals surface area contributed by atoms with E-state index in [-0.39, 0.29) is 37.3 Å². The minimum absolute atomic E-state index is 0. The van der Waals surface area contributed by atoms with Crippen molar-refractivity contribution < 1.29 is 35.0 Å². The van der Waals surface area contributed by atoms with Crippen molar-refractivity contribution in [1.82, 2.24) is 24.5 Å². The standard InChI is InChI=1S/C77H73N7O.Pt/c1-73(2,3)53-37-33-51(34-38-53)60-30-23-31-61(52-35-39-54(40-36-52)74(4,5)6)69(60)83-45-44-82(50-83)58-28-22-29-59(47-58)85-67-49-66-63(62-46-57(75(7,8)9)41-42-65(62)84(66)68-32-20-21-43-78-68)48-64(67)70-79-71(76(10,11)55-24-16-14-17-25-55)81-72(80-70)77(12,13)56-26-18-15-19-27-56;/h14-46,48H,1-13H3;/q;+2. The summed E-state index contributed by atoms with van der Waals surface area (Å²) in [5.74, 6) is 3.41. The SMILES string of the molecule is CC(C)(C)c1ccc(-c2cccc(-c3ccc(C(C)(C)C)cc3)c2[N+]2=C=[N+](c3[c-]c(Oc4[c-]c5c(cc4-c4nc(C(C)(C)c6ccccc6)nc(C(C)(C)c6ccccc6)n4)c4cc(C(C)(C)C)ccc4n5-c4ccccn4)ccc3)C=C2)cc1.[Pt+2]. The van der Waals surface area contributed by atoms with Crippen LogP contribution in [0.5, 0.6) is 11.5 Å².